The Labute approximate surface area is 105 Å². The van der Waals surface area contributed by atoms with Crippen molar-refractivity contribution in [1.82, 2.24) is 4.98 Å². The van der Waals surface area contributed by atoms with E-state index < -0.39 is 11.9 Å². The van der Waals surface area contributed by atoms with Gasteiger partial charge >= 0.3 is 5.97 Å². The molecule has 94 valence electrons. The molecule has 4 nitrogen and oxygen atoms in total. The summed E-state index contributed by atoms with van der Waals surface area (Å²) in [5.74, 6) is -0.766. The van der Waals surface area contributed by atoms with Gasteiger partial charge in [0, 0.05) is 11.5 Å². The van der Waals surface area contributed by atoms with Crippen molar-refractivity contribution in [2.24, 2.45) is 0 Å². The highest BCUT2D eigenvalue weighted by Crippen LogP contribution is 2.25. The third kappa shape index (κ3) is 2.14. The zero-order chi connectivity index (χ0) is 13.3. The number of aliphatic carboxylic acids is 1. The monoisotopic (exact) mass is 245 g/mol. The van der Waals surface area contributed by atoms with Gasteiger partial charge in [-0.05, 0) is 37.6 Å². The fourth-order valence-electron chi connectivity index (χ4n) is 1.88. The number of benzene rings is 1. The Morgan fingerprint density at radius 3 is 2.72 bits per heavy atom. The van der Waals surface area contributed by atoms with Crippen molar-refractivity contribution in [3.63, 3.8) is 0 Å². The van der Waals surface area contributed by atoms with Crippen LogP contribution >= 0.6 is 0 Å². The minimum Gasteiger partial charge on any atom is -0.497 e. The van der Waals surface area contributed by atoms with Gasteiger partial charge < -0.3 is 9.84 Å². The molecule has 0 amide bonds. The quantitative estimate of drug-likeness (QED) is 0.903. The lowest BCUT2D eigenvalue weighted by Crippen LogP contribution is -2.09. The van der Waals surface area contributed by atoms with E-state index in [1.807, 2.05) is 31.2 Å². The maximum absolute atomic E-state index is 11.0. The predicted octanol–water partition coefficient (Wildman–Crippen LogP) is 2.74. The first kappa shape index (κ1) is 12.4. The van der Waals surface area contributed by atoms with E-state index in [4.69, 9.17) is 9.84 Å². The molecule has 0 fully saturated rings. The topological polar surface area (TPSA) is 59.4 Å². The Morgan fingerprint density at radius 1 is 1.39 bits per heavy atom. The van der Waals surface area contributed by atoms with Crippen LogP contribution in [0.25, 0.3) is 10.9 Å². The lowest BCUT2D eigenvalue weighted by molar-refractivity contribution is -0.138. The van der Waals surface area contributed by atoms with Gasteiger partial charge in [0.1, 0.15) is 5.75 Å². The van der Waals surface area contributed by atoms with Crippen molar-refractivity contribution < 1.29 is 14.6 Å². The van der Waals surface area contributed by atoms with Crippen LogP contribution in [0.2, 0.25) is 0 Å². The number of ether oxygens (including phenoxy) is 1. The number of rotatable bonds is 3. The number of fused-ring (bicyclic) bond motifs is 1. The molecule has 4 heteroatoms. The van der Waals surface area contributed by atoms with Crippen molar-refractivity contribution in [2.45, 2.75) is 19.8 Å². The first-order valence-corrected chi connectivity index (χ1v) is 5.71. The second-order valence-electron chi connectivity index (χ2n) is 4.31. The predicted molar refractivity (Wildman–Crippen MR) is 69.1 cm³/mol. The fraction of sp³-hybridized carbons (Fsp3) is 0.286. The number of hydrogen-bond acceptors (Lipinski definition) is 3. The van der Waals surface area contributed by atoms with Gasteiger partial charge in [-0.3, -0.25) is 9.78 Å². The first-order chi connectivity index (χ1) is 8.52. The minimum atomic E-state index is -0.871. The molecule has 1 unspecified atom stereocenters. The number of carboxylic acid groups (broad SMARTS) is 1. The van der Waals surface area contributed by atoms with Gasteiger partial charge in [-0.2, -0.15) is 0 Å². The Morgan fingerprint density at radius 2 is 2.11 bits per heavy atom. The van der Waals surface area contributed by atoms with E-state index in [-0.39, 0.29) is 0 Å². The molecule has 1 aromatic heterocycles. The van der Waals surface area contributed by atoms with Crippen molar-refractivity contribution in [2.75, 3.05) is 7.11 Å². The molecule has 0 aliphatic carbocycles. The highest BCUT2D eigenvalue weighted by atomic mass is 16.5. The van der Waals surface area contributed by atoms with Crippen LogP contribution in [0.4, 0.5) is 0 Å². The van der Waals surface area contributed by atoms with Gasteiger partial charge in [0.2, 0.25) is 0 Å². The molecule has 2 aromatic rings. The molecular formula is C14H15NO3. The Balaban J connectivity index is 2.62. The van der Waals surface area contributed by atoms with Crippen LogP contribution in [0.5, 0.6) is 5.75 Å². The lowest BCUT2D eigenvalue weighted by atomic mass is 10.0. The summed E-state index contributed by atoms with van der Waals surface area (Å²) in [5.41, 5.74) is 2.35. The Hall–Kier alpha value is -2.10. The second kappa shape index (κ2) is 4.64. The second-order valence-corrected chi connectivity index (χ2v) is 4.31. The van der Waals surface area contributed by atoms with Gasteiger partial charge in [-0.15, -0.1) is 0 Å². The van der Waals surface area contributed by atoms with Crippen molar-refractivity contribution >= 4 is 16.9 Å². The molecule has 0 spiro atoms. The summed E-state index contributed by atoms with van der Waals surface area (Å²) in [6.07, 6.45) is 0. The van der Waals surface area contributed by atoms with Crippen LogP contribution in [-0.4, -0.2) is 23.2 Å². The number of hydrogen-bond donors (Lipinski definition) is 1. The van der Waals surface area contributed by atoms with E-state index in [0.717, 1.165) is 22.2 Å². The summed E-state index contributed by atoms with van der Waals surface area (Å²) in [7, 11) is 1.59. The summed E-state index contributed by atoms with van der Waals surface area (Å²) in [4.78, 5) is 15.4. The van der Waals surface area contributed by atoms with E-state index in [9.17, 15) is 4.79 Å². The number of carbonyl (C=O) groups is 1. The molecule has 0 radical (unpaired) electrons. The van der Waals surface area contributed by atoms with E-state index in [2.05, 4.69) is 4.98 Å². The zero-order valence-corrected chi connectivity index (χ0v) is 10.6. The summed E-state index contributed by atoms with van der Waals surface area (Å²) in [6.45, 7) is 3.59. The molecule has 0 saturated heterocycles. The number of nitrogens with zero attached hydrogens (tertiary/aromatic N) is 1. The molecule has 1 atom stereocenters. The van der Waals surface area contributed by atoms with Gasteiger partial charge in [-0.1, -0.05) is 0 Å². The summed E-state index contributed by atoms with van der Waals surface area (Å²) >= 11 is 0. The van der Waals surface area contributed by atoms with Crippen LogP contribution in [0.15, 0.2) is 24.3 Å². The van der Waals surface area contributed by atoms with Crippen molar-refractivity contribution in [1.29, 1.82) is 0 Å². The van der Waals surface area contributed by atoms with Crippen LogP contribution in [-0.2, 0) is 4.79 Å². The molecule has 18 heavy (non-hydrogen) atoms. The molecule has 0 saturated carbocycles. The zero-order valence-electron chi connectivity index (χ0n) is 10.6. The molecule has 0 aliphatic rings. The van der Waals surface area contributed by atoms with Gasteiger partial charge in [0.05, 0.1) is 24.2 Å². The molecule has 0 bridgehead atoms. The number of aryl methyl sites for hydroxylation is 1. The molecule has 2 rings (SSSR count). The van der Waals surface area contributed by atoms with Crippen LogP contribution in [0, 0.1) is 6.92 Å². The van der Waals surface area contributed by atoms with Gasteiger partial charge in [-0.25, -0.2) is 0 Å². The highest BCUT2D eigenvalue weighted by molar-refractivity contribution is 5.85. The van der Waals surface area contributed by atoms with Crippen LogP contribution < -0.4 is 4.74 Å². The normalized spacial score (nSPS) is 12.4. The van der Waals surface area contributed by atoms with E-state index >= 15 is 0 Å². The number of methoxy groups -OCH3 is 1. The number of carboxylic acids is 1. The summed E-state index contributed by atoms with van der Waals surface area (Å²) in [5, 5.41) is 10.0. The van der Waals surface area contributed by atoms with E-state index in [1.54, 1.807) is 14.0 Å². The average molecular weight is 245 g/mol. The number of aromatic nitrogens is 1. The van der Waals surface area contributed by atoms with Crippen LogP contribution in [0.3, 0.4) is 0 Å². The Kier molecular flexibility index (Phi) is 3.19. The minimum absolute atomic E-state index is 0.570. The van der Waals surface area contributed by atoms with E-state index in [0.29, 0.717) is 5.69 Å². The van der Waals surface area contributed by atoms with Crippen molar-refractivity contribution in [3.8, 4) is 5.75 Å². The summed E-state index contributed by atoms with van der Waals surface area (Å²) < 4.78 is 5.15. The van der Waals surface area contributed by atoms with E-state index in [1.165, 1.54) is 0 Å². The van der Waals surface area contributed by atoms with Gasteiger partial charge in [0.25, 0.3) is 0 Å². The molecule has 0 aliphatic heterocycles. The molecular weight excluding hydrogens is 230 g/mol. The molecule has 1 heterocycles. The maximum Gasteiger partial charge on any atom is 0.312 e. The highest BCUT2D eigenvalue weighted by Gasteiger charge is 2.16. The third-order valence-electron chi connectivity index (χ3n) is 3.06. The lowest BCUT2D eigenvalue weighted by Gasteiger charge is -2.10. The standard InChI is InChI=1S/C14H15NO3/c1-8-6-12(9(2)14(16)17)15-13-7-10(18-3)4-5-11(8)13/h4-7,9H,1-3H3,(H,16,17). The molecule has 1 aromatic carbocycles. The van der Waals surface area contributed by atoms with Crippen LogP contribution in [0.1, 0.15) is 24.1 Å². The van der Waals surface area contributed by atoms with Gasteiger partial charge in [0.15, 0.2) is 0 Å². The van der Waals surface area contributed by atoms with Crippen molar-refractivity contribution in [3.05, 3.63) is 35.5 Å². The maximum atomic E-state index is 11.0. The fourth-order valence-corrected chi connectivity index (χ4v) is 1.88. The first-order valence-electron chi connectivity index (χ1n) is 5.71. The number of pyridine rings is 1. The summed E-state index contributed by atoms with van der Waals surface area (Å²) in [6, 6.07) is 7.46. The average Bonchev–Trinajstić information content (AvgIpc) is 2.36. The smallest absolute Gasteiger partial charge is 0.312 e. The largest absolute Gasteiger partial charge is 0.497 e. The SMILES string of the molecule is COc1ccc2c(C)cc(C(C)C(=O)O)nc2c1. The third-order valence-corrected chi connectivity index (χ3v) is 3.06. The Bertz CT molecular complexity index is 607. The molecule has 1 N–H and O–H groups in total.